The highest BCUT2D eigenvalue weighted by Gasteiger charge is 2.40. The maximum absolute atomic E-state index is 14.4. The highest BCUT2D eigenvalue weighted by Crippen LogP contribution is 2.34. The lowest BCUT2D eigenvalue weighted by Gasteiger charge is -2.38. The maximum Gasteiger partial charge on any atom is 0.255 e. The fourth-order valence-corrected chi connectivity index (χ4v) is 3.61. The van der Waals surface area contributed by atoms with Crippen LogP contribution >= 0.6 is 0 Å². The largest absolute Gasteiger partial charge is 0.368 e. The van der Waals surface area contributed by atoms with E-state index < -0.39 is 23.7 Å². The SMILES string of the molecule is O=CC1CN(c2cc3c(cc2F)C(=O)N(C2CCC(=O)NC2=O)C3)C1. The minimum atomic E-state index is -0.715. The molecular weight excluding hydrogens is 329 g/mol. The summed E-state index contributed by atoms with van der Waals surface area (Å²) in [6.07, 6.45) is 1.31. The summed E-state index contributed by atoms with van der Waals surface area (Å²) in [5.74, 6) is -1.84. The van der Waals surface area contributed by atoms with Crippen LogP contribution in [0.4, 0.5) is 10.1 Å². The van der Waals surface area contributed by atoms with Gasteiger partial charge in [-0.15, -0.1) is 0 Å². The van der Waals surface area contributed by atoms with E-state index in [0.29, 0.717) is 24.3 Å². The third-order valence-electron chi connectivity index (χ3n) is 5.03. The van der Waals surface area contributed by atoms with E-state index in [2.05, 4.69) is 5.32 Å². The number of halogens is 1. The van der Waals surface area contributed by atoms with E-state index >= 15 is 0 Å². The number of nitrogens with one attached hydrogen (secondary N) is 1. The van der Waals surface area contributed by atoms with Crippen LogP contribution in [-0.2, 0) is 20.9 Å². The van der Waals surface area contributed by atoms with E-state index in [0.717, 1.165) is 6.29 Å². The molecule has 2 saturated heterocycles. The number of aldehydes is 1. The molecule has 3 heterocycles. The monoisotopic (exact) mass is 345 g/mol. The molecule has 8 heteroatoms. The van der Waals surface area contributed by atoms with Gasteiger partial charge in [0, 0.05) is 37.5 Å². The number of nitrogens with zero attached hydrogens (tertiary/aromatic N) is 2. The first-order chi connectivity index (χ1) is 12.0. The van der Waals surface area contributed by atoms with Crippen LogP contribution in [0.3, 0.4) is 0 Å². The average molecular weight is 345 g/mol. The van der Waals surface area contributed by atoms with Crippen molar-refractivity contribution in [3.05, 3.63) is 29.1 Å². The molecule has 0 aliphatic carbocycles. The fourth-order valence-electron chi connectivity index (χ4n) is 3.61. The topological polar surface area (TPSA) is 86.8 Å². The fraction of sp³-hybridized carbons (Fsp3) is 0.412. The number of rotatable bonds is 3. The van der Waals surface area contributed by atoms with Crippen LogP contribution in [0.1, 0.15) is 28.8 Å². The van der Waals surface area contributed by atoms with E-state index in [1.807, 2.05) is 0 Å². The zero-order chi connectivity index (χ0) is 17.7. The quantitative estimate of drug-likeness (QED) is 0.626. The molecule has 3 aliphatic heterocycles. The van der Waals surface area contributed by atoms with Gasteiger partial charge in [0.05, 0.1) is 5.69 Å². The van der Waals surface area contributed by atoms with Crippen molar-refractivity contribution in [2.75, 3.05) is 18.0 Å². The highest BCUT2D eigenvalue weighted by molar-refractivity contribution is 6.05. The molecule has 1 N–H and O–H groups in total. The summed E-state index contributed by atoms with van der Waals surface area (Å²) in [5, 5.41) is 2.24. The van der Waals surface area contributed by atoms with Crippen molar-refractivity contribution in [3.8, 4) is 0 Å². The van der Waals surface area contributed by atoms with Crippen LogP contribution in [0.5, 0.6) is 0 Å². The Morgan fingerprint density at radius 1 is 1.20 bits per heavy atom. The predicted octanol–water partition coefficient (Wildman–Crippen LogP) is 0.222. The lowest BCUT2D eigenvalue weighted by Crippen LogP contribution is -2.52. The Kier molecular flexibility index (Phi) is 3.55. The third kappa shape index (κ3) is 2.48. The standard InChI is InChI=1S/C17H16FN3O4/c18-12-4-11-10(3-14(12)20-5-9(6-20)8-22)7-21(17(11)25)13-1-2-15(23)19-16(13)24/h3-4,8-9,13H,1-2,5-7H2,(H,19,23,24). The van der Waals surface area contributed by atoms with Gasteiger partial charge in [-0.3, -0.25) is 19.7 Å². The van der Waals surface area contributed by atoms with Crippen LogP contribution in [-0.4, -0.2) is 48.0 Å². The molecule has 0 aromatic heterocycles. The lowest BCUT2D eigenvalue weighted by atomic mass is 9.99. The zero-order valence-electron chi connectivity index (χ0n) is 13.3. The minimum Gasteiger partial charge on any atom is -0.368 e. The second-order valence-corrected chi connectivity index (χ2v) is 6.66. The van der Waals surface area contributed by atoms with Crippen molar-refractivity contribution in [3.63, 3.8) is 0 Å². The molecule has 4 rings (SSSR count). The van der Waals surface area contributed by atoms with Gasteiger partial charge in [0.2, 0.25) is 11.8 Å². The van der Waals surface area contributed by atoms with E-state index in [-0.39, 0.29) is 36.8 Å². The Balaban J connectivity index is 1.58. The molecule has 3 aliphatic rings. The summed E-state index contributed by atoms with van der Waals surface area (Å²) in [4.78, 5) is 49.7. The molecule has 0 spiro atoms. The molecule has 1 unspecified atom stereocenters. The third-order valence-corrected chi connectivity index (χ3v) is 5.03. The first kappa shape index (κ1) is 15.7. The summed E-state index contributed by atoms with van der Waals surface area (Å²) >= 11 is 0. The van der Waals surface area contributed by atoms with Gasteiger partial charge < -0.3 is 14.6 Å². The Labute approximate surface area is 142 Å². The number of hydrogen-bond acceptors (Lipinski definition) is 5. The second-order valence-electron chi connectivity index (χ2n) is 6.66. The number of piperidine rings is 1. The molecule has 2 fully saturated rings. The predicted molar refractivity (Wildman–Crippen MR) is 84.2 cm³/mol. The number of carbonyl (C=O) groups is 4. The summed E-state index contributed by atoms with van der Waals surface area (Å²) in [7, 11) is 0. The zero-order valence-corrected chi connectivity index (χ0v) is 13.3. The number of amides is 3. The molecule has 0 saturated carbocycles. The van der Waals surface area contributed by atoms with Crippen LogP contribution in [0.25, 0.3) is 0 Å². The Bertz CT molecular complexity index is 803. The molecule has 130 valence electrons. The Morgan fingerprint density at radius 3 is 2.64 bits per heavy atom. The lowest BCUT2D eigenvalue weighted by molar-refractivity contribution is -0.136. The molecule has 0 radical (unpaired) electrons. The van der Waals surface area contributed by atoms with Crippen molar-refractivity contribution in [1.82, 2.24) is 10.2 Å². The summed E-state index contributed by atoms with van der Waals surface area (Å²) in [6, 6.07) is 2.11. The van der Waals surface area contributed by atoms with Crippen LogP contribution in [0.15, 0.2) is 12.1 Å². The van der Waals surface area contributed by atoms with Crippen molar-refractivity contribution >= 4 is 29.7 Å². The van der Waals surface area contributed by atoms with Crippen molar-refractivity contribution in [1.29, 1.82) is 0 Å². The normalized spacial score (nSPS) is 23.4. The molecule has 25 heavy (non-hydrogen) atoms. The van der Waals surface area contributed by atoms with Crippen molar-refractivity contribution in [2.24, 2.45) is 5.92 Å². The maximum atomic E-state index is 14.4. The van der Waals surface area contributed by atoms with Gasteiger partial charge in [0.15, 0.2) is 0 Å². The second kappa shape index (κ2) is 5.65. The van der Waals surface area contributed by atoms with Crippen molar-refractivity contribution < 1.29 is 23.6 Å². The highest BCUT2D eigenvalue weighted by atomic mass is 19.1. The number of benzene rings is 1. The molecular formula is C17H16FN3O4. The molecule has 0 bridgehead atoms. The first-order valence-corrected chi connectivity index (χ1v) is 8.15. The van der Waals surface area contributed by atoms with Gasteiger partial charge in [-0.1, -0.05) is 0 Å². The Hall–Kier alpha value is -2.77. The van der Waals surface area contributed by atoms with Gasteiger partial charge in [0.1, 0.15) is 18.1 Å². The smallest absolute Gasteiger partial charge is 0.255 e. The number of fused-ring (bicyclic) bond motifs is 1. The van der Waals surface area contributed by atoms with E-state index in [4.69, 9.17) is 0 Å². The molecule has 1 atom stereocenters. The summed E-state index contributed by atoms with van der Waals surface area (Å²) in [6.45, 7) is 1.13. The molecule has 1 aromatic rings. The number of anilines is 1. The van der Waals surface area contributed by atoms with Gasteiger partial charge in [-0.2, -0.15) is 0 Å². The molecule has 1 aromatic carbocycles. The van der Waals surface area contributed by atoms with Gasteiger partial charge in [0.25, 0.3) is 5.91 Å². The molecule has 7 nitrogen and oxygen atoms in total. The Morgan fingerprint density at radius 2 is 1.96 bits per heavy atom. The van der Waals surface area contributed by atoms with Gasteiger partial charge in [-0.25, -0.2) is 4.39 Å². The van der Waals surface area contributed by atoms with Crippen LogP contribution < -0.4 is 10.2 Å². The van der Waals surface area contributed by atoms with E-state index in [1.54, 1.807) is 11.0 Å². The van der Waals surface area contributed by atoms with Crippen LogP contribution in [0, 0.1) is 11.7 Å². The number of imide groups is 1. The summed E-state index contributed by atoms with van der Waals surface area (Å²) < 4.78 is 14.4. The molecule has 3 amide bonds. The number of carbonyl (C=O) groups excluding carboxylic acids is 4. The van der Waals surface area contributed by atoms with Crippen LogP contribution in [0.2, 0.25) is 0 Å². The minimum absolute atomic E-state index is 0.0887. The van der Waals surface area contributed by atoms with Gasteiger partial charge in [-0.05, 0) is 24.1 Å². The van der Waals surface area contributed by atoms with Crippen molar-refractivity contribution in [2.45, 2.75) is 25.4 Å². The number of hydrogen-bond donors (Lipinski definition) is 1. The average Bonchev–Trinajstić information content (AvgIpc) is 2.83. The first-order valence-electron chi connectivity index (χ1n) is 8.15. The van der Waals surface area contributed by atoms with Gasteiger partial charge >= 0.3 is 0 Å². The van der Waals surface area contributed by atoms with E-state index in [1.165, 1.54) is 11.0 Å². The van der Waals surface area contributed by atoms with E-state index in [9.17, 15) is 23.6 Å². The summed E-state index contributed by atoms with van der Waals surface area (Å²) in [5.41, 5.74) is 1.27.